The lowest BCUT2D eigenvalue weighted by Crippen LogP contribution is -2.34. The van der Waals surface area contributed by atoms with Crippen LogP contribution in [0.2, 0.25) is 0 Å². The van der Waals surface area contributed by atoms with Gasteiger partial charge in [0.25, 0.3) is 0 Å². The average molecular weight is 292 g/mol. The van der Waals surface area contributed by atoms with Gasteiger partial charge >= 0.3 is 0 Å². The SMILES string of the molecule is COc1ccc(-c2csc(CC(C)(C)N)n2)cc1OC. The highest BCUT2D eigenvalue weighted by molar-refractivity contribution is 7.09. The first kappa shape index (κ1) is 14.8. The summed E-state index contributed by atoms with van der Waals surface area (Å²) in [6.45, 7) is 4.01. The van der Waals surface area contributed by atoms with E-state index in [0.29, 0.717) is 5.75 Å². The van der Waals surface area contributed by atoms with Gasteiger partial charge < -0.3 is 15.2 Å². The minimum atomic E-state index is -0.243. The van der Waals surface area contributed by atoms with Crippen LogP contribution in [0.3, 0.4) is 0 Å². The summed E-state index contributed by atoms with van der Waals surface area (Å²) in [4.78, 5) is 4.64. The summed E-state index contributed by atoms with van der Waals surface area (Å²) in [5, 5.41) is 3.09. The van der Waals surface area contributed by atoms with Crippen LogP contribution < -0.4 is 15.2 Å². The summed E-state index contributed by atoms with van der Waals surface area (Å²) < 4.78 is 10.6. The Morgan fingerprint density at radius 1 is 1.20 bits per heavy atom. The molecule has 108 valence electrons. The van der Waals surface area contributed by atoms with Crippen LogP contribution in [0.5, 0.6) is 11.5 Å². The number of ether oxygens (including phenoxy) is 2. The highest BCUT2D eigenvalue weighted by atomic mass is 32.1. The van der Waals surface area contributed by atoms with Crippen LogP contribution in [0.15, 0.2) is 23.6 Å². The molecule has 0 amide bonds. The lowest BCUT2D eigenvalue weighted by atomic mass is 10.0. The van der Waals surface area contributed by atoms with Crippen LogP contribution in [0, 0.1) is 0 Å². The second-order valence-corrected chi connectivity index (χ2v) is 6.30. The van der Waals surface area contributed by atoms with Gasteiger partial charge in [0.1, 0.15) is 0 Å². The first-order valence-corrected chi connectivity index (χ1v) is 7.26. The van der Waals surface area contributed by atoms with Crippen LogP contribution in [-0.4, -0.2) is 24.7 Å². The van der Waals surface area contributed by atoms with E-state index in [9.17, 15) is 0 Å². The Balaban J connectivity index is 2.28. The molecule has 0 unspecified atom stereocenters. The third-order valence-electron chi connectivity index (χ3n) is 2.84. The summed E-state index contributed by atoms with van der Waals surface area (Å²) in [5.41, 5.74) is 7.74. The Hall–Kier alpha value is -1.59. The van der Waals surface area contributed by atoms with Gasteiger partial charge in [-0.1, -0.05) is 0 Å². The van der Waals surface area contributed by atoms with Gasteiger partial charge in [-0.15, -0.1) is 11.3 Å². The van der Waals surface area contributed by atoms with Crippen LogP contribution in [0.4, 0.5) is 0 Å². The number of hydrogen-bond donors (Lipinski definition) is 1. The number of methoxy groups -OCH3 is 2. The first-order valence-electron chi connectivity index (χ1n) is 6.38. The zero-order valence-corrected chi connectivity index (χ0v) is 13.1. The fourth-order valence-electron chi connectivity index (χ4n) is 1.91. The second kappa shape index (κ2) is 5.81. The molecule has 0 atom stereocenters. The molecule has 0 spiro atoms. The van der Waals surface area contributed by atoms with Gasteiger partial charge in [-0.3, -0.25) is 0 Å². The molecule has 4 nitrogen and oxygen atoms in total. The Bertz CT molecular complexity index is 588. The van der Waals surface area contributed by atoms with E-state index in [1.807, 2.05) is 37.4 Å². The molecular formula is C15H20N2O2S. The molecule has 1 heterocycles. The normalized spacial score (nSPS) is 11.4. The third-order valence-corrected chi connectivity index (χ3v) is 3.69. The number of benzene rings is 1. The van der Waals surface area contributed by atoms with E-state index >= 15 is 0 Å². The Morgan fingerprint density at radius 3 is 2.50 bits per heavy atom. The zero-order valence-electron chi connectivity index (χ0n) is 12.3. The minimum absolute atomic E-state index is 0.243. The number of hydrogen-bond acceptors (Lipinski definition) is 5. The van der Waals surface area contributed by atoms with Gasteiger partial charge in [-0.25, -0.2) is 4.98 Å². The van der Waals surface area contributed by atoms with Crippen molar-refractivity contribution in [2.24, 2.45) is 5.73 Å². The predicted octanol–water partition coefficient (Wildman–Crippen LogP) is 3.11. The highest BCUT2D eigenvalue weighted by Crippen LogP contribution is 2.33. The molecular weight excluding hydrogens is 272 g/mol. The molecule has 0 aliphatic carbocycles. The minimum Gasteiger partial charge on any atom is -0.493 e. The topological polar surface area (TPSA) is 57.4 Å². The molecule has 1 aromatic carbocycles. The van der Waals surface area contributed by atoms with Gasteiger partial charge in [-0.2, -0.15) is 0 Å². The number of nitrogens with zero attached hydrogens (tertiary/aromatic N) is 1. The molecule has 2 aromatic rings. The van der Waals surface area contributed by atoms with Crippen molar-refractivity contribution in [3.05, 3.63) is 28.6 Å². The third kappa shape index (κ3) is 3.49. The summed E-state index contributed by atoms with van der Waals surface area (Å²) >= 11 is 1.63. The van der Waals surface area contributed by atoms with E-state index in [1.165, 1.54) is 0 Å². The molecule has 0 aliphatic rings. The monoisotopic (exact) mass is 292 g/mol. The highest BCUT2D eigenvalue weighted by Gasteiger charge is 2.15. The van der Waals surface area contributed by atoms with E-state index in [4.69, 9.17) is 15.2 Å². The van der Waals surface area contributed by atoms with Crippen molar-refractivity contribution < 1.29 is 9.47 Å². The quantitative estimate of drug-likeness (QED) is 0.920. The number of rotatable bonds is 5. The molecule has 20 heavy (non-hydrogen) atoms. The summed E-state index contributed by atoms with van der Waals surface area (Å²) in [5.74, 6) is 1.42. The second-order valence-electron chi connectivity index (χ2n) is 5.36. The van der Waals surface area contributed by atoms with Crippen molar-refractivity contribution in [1.82, 2.24) is 4.98 Å². The van der Waals surface area contributed by atoms with Gasteiger partial charge in [0.15, 0.2) is 11.5 Å². The predicted molar refractivity (Wildman–Crippen MR) is 82.6 cm³/mol. The average Bonchev–Trinajstić information content (AvgIpc) is 2.84. The Labute approximate surface area is 123 Å². The van der Waals surface area contributed by atoms with Crippen LogP contribution in [-0.2, 0) is 6.42 Å². The molecule has 0 fully saturated rings. The lowest BCUT2D eigenvalue weighted by molar-refractivity contribution is 0.355. The zero-order chi connectivity index (χ0) is 14.8. The van der Waals surface area contributed by atoms with E-state index in [-0.39, 0.29) is 5.54 Å². The van der Waals surface area contributed by atoms with Crippen molar-refractivity contribution in [3.63, 3.8) is 0 Å². The van der Waals surface area contributed by atoms with Crippen molar-refractivity contribution >= 4 is 11.3 Å². The first-order chi connectivity index (χ1) is 9.43. The van der Waals surface area contributed by atoms with Crippen LogP contribution in [0.1, 0.15) is 18.9 Å². The maximum absolute atomic E-state index is 6.03. The van der Waals surface area contributed by atoms with Gasteiger partial charge in [0.2, 0.25) is 0 Å². The molecule has 1 aromatic heterocycles. The smallest absolute Gasteiger partial charge is 0.161 e. The van der Waals surface area contributed by atoms with Gasteiger partial charge in [0.05, 0.1) is 24.9 Å². The summed E-state index contributed by atoms with van der Waals surface area (Å²) in [6, 6.07) is 5.80. The van der Waals surface area contributed by atoms with Gasteiger partial charge in [0, 0.05) is 22.9 Å². The van der Waals surface area contributed by atoms with E-state index in [0.717, 1.165) is 28.4 Å². The molecule has 0 saturated carbocycles. The van der Waals surface area contributed by atoms with E-state index in [1.54, 1.807) is 25.6 Å². The Kier molecular flexibility index (Phi) is 4.30. The maximum Gasteiger partial charge on any atom is 0.161 e. The summed E-state index contributed by atoms with van der Waals surface area (Å²) in [6.07, 6.45) is 0.769. The van der Waals surface area contributed by atoms with E-state index < -0.39 is 0 Å². The molecule has 2 rings (SSSR count). The van der Waals surface area contributed by atoms with Gasteiger partial charge in [-0.05, 0) is 32.0 Å². The molecule has 0 radical (unpaired) electrons. The van der Waals surface area contributed by atoms with Crippen LogP contribution in [0.25, 0.3) is 11.3 Å². The number of aromatic nitrogens is 1. The molecule has 0 bridgehead atoms. The van der Waals surface area contributed by atoms with Crippen molar-refractivity contribution in [2.75, 3.05) is 14.2 Å². The van der Waals surface area contributed by atoms with Crippen molar-refractivity contribution in [3.8, 4) is 22.8 Å². The largest absolute Gasteiger partial charge is 0.493 e. The van der Waals surface area contributed by atoms with Crippen molar-refractivity contribution in [2.45, 2.75) is 25.8 Å². The lowest BCUT2D eigenvalue weighted by Gasteiger charge is -2.15. The molecule has 0 saturated heterocycles. The van der Waals surface area contributed by atoms with Crippen molar-refractivity contribution in [1.29, 1.82) is 0 Å². The Morgan fingerprint density at radius 2 is 1.90 bits per heavy atom. The molecule has 5 heteroatoms. The fraction of sp³-hybridized carbons (Fsp3) is 0.400. The summed E-state index contributed by atoms with van der Waals surface area (Å²) in [7, 11) is 3.26. The number of thiazole rings is 1. The standard InChI is InChI=1S/C15H20N2O2S/c1-15(2,16)8-14-17-11(9-20-14)10-5-6-12(18-3)13(7-10)19-4/h5-7,9H,8,16H2,1-4H3. The molecule has 2 N–H and O–H groups in total. The van der Waals surface area contributed by atoms with Crippen LogP contribution >= 0.6 is 11.3 Å². The number of nitrogens with two attached hydrogens (primary N) is 1. The fourth-order valence-corrected chi connectivity index (χ4v) is 2.95. The maximum atomic E-state index is 6.03. The molecule has 0 aliphatic heterocycles. The van der Waals surface area contributed by atoms with E-state index in [2.05, 4.69) is 4.98 Å².